The lowest BCUT2D eigenvalue weighted by Gasteiger charge is -2.18. The summed E-state index contributed by atoms with van der Waals surface area (Å²) in [5, 5.41) is 12.7. The number of carboxylic acid groups (broad SMARTS) is 1. The third-order valence-electron chi connectivity index (χ3n) is 5.01. The van der Waals surface area contributed by atoms with Crippen molar-refractivity contribution < 1.29 is 9.90 Å². The Morgan fingerprint density at radius 3 is 2.36 bits per heavy atom. The molecule has 130 valence electrons. The number of carboxylic acids is 1. The van der Waals surface area contributed by atoms with Crippen LogP contribution < -0.4 is 5.32 Å². The summed E-state index contributed by atoms with van der Waals surface area (Å²) in [5.41, 5.74) is 0. The molecule has 0 amide bonds. The number of hydrogen-bond donors (Lipinski definition) is 2. The first-order valence-electron chi connectivity index (χ1n) is 9.67. The third kappa shape index (κ3) is 10.2. The fourth-order valence-corrected chi connectivity index (χ4v) is 3.63. The highest BCUT2D eigenvalue weighted by Crippen LogP contribution is 2.24. The average Bonchev–Trinajstić information content (AvgIpc) is 2.58. The average molecular weight is 312 g/mol. The maximum Gasteiger partial charge on any atom is 0.303 e. The topological polar surface area (TPSA) is 49.3 Å². The molecule has 0 bridgehead atoms. The van der Waals surface area contributed by atoms with Gasteiger partial charge in [-0.2, -0.15) is 0 Å². The zero-order chi connectivity index (χ0) is 16.0. The lowest BCUT2D eigenvalue weighted by molar-refractivity contribution is -0.138. The Hall–Kier alpha value is -0.570. The van der Waals surface area contributed by atoms with Crippen molar-refractivity contribution in [3.63, 3.8) is 0 Å². The summed E-state index contributed by atoms with van der Waals surface area (Å²) in [4.78, 5) is 10.9. The van der Waals surface area contributed by atoms with Crippen LogP contribution in [0.25, 0.3) is 0 Å². The standard InChI is InChI=1S/C19H37NO2/c1-2-3-4-5-6-9-15-20-18-13-8-7-11-17(12-10-14-18)16-19(21)22/h17-18,20H,2-16H2,1H3,(H,21,22). The Bertz CT molecular complexity index is 281. The van der Waals surface area contributed by atoms with Gasteiger partial charge in [0.2, 0.25) is 0 Å². The summed E-state index contributed by atoms with van der Waals surface area (Å²) in [6.07, 6.45) is 16.9. The summed E-state index contributed by atoms with van der Waals surface area (Å²) >= 11 is 0. The molecule has 2 N–H and O–H groups in total. The van der Waals surface area contributed by atoms with Crippen LogP contribution in [0.3, 0.4) is 0 Å². The number of hydrogen-bond acceptors (Lipinski definition) is 2. The first-order chi connectivity index (χ1) is 10.7. The van der Waals surface area contributed by atoms with E-state index in [0.717, 1.165) is 19.4 Å². The minimum absolute atomic E-state index is 0.371. The van der Waals surface area contributed by atoms with Crippen LogP contribution in [0.1, 0.15) is 96.8 Å². The zero-order valence-electron chi connectivity index (χ0n) is 14.6. The predicted molar refractivity (Wildman–Crippen MR) is 93.2 cm³/mol. The van der Waals surface area contributed by atoms with Gasteiger partial charge >= 0.3 is 5.97 Å². The summed E-state index contributed by atoms with van der Waals surface area (Å²) in [7, 11) is 0. The lowest BCUT2D eigenvalue weighted by Crippen LogP contribution is -2.29. The minimum Gasteiger partial charge on any atom is -0.481 e. The molecule has 22 heavy (non-hydrogen) atoms. The molecule has 0 aromatic rings. The van der Waals surface area contributed by atoms with Crippen molar-refractivity contribution >= 4 is 5.97 Å². The number of unbranched alkanes of at least 4 members (excludes halogenated alkanes) is 5. The molecule has 1 fully saturated rings. The monoisotopic (exact) mass is 311 g/mol. The smallest absolute Gasteiger partial charge is 0.303 e. The molecule has 0 radical (unpaired) electrons. The molecule has 3 nitrogen and oxygen atoms in total. The summed E-state index contributed by atoms with van der Waals surface area (Å²) in [6, 6.07) is 0.666. The van der Waals surface area contributed by atoms with Gasteiger partial charge < -0.3 is 10.4 Å². The normalized spacial score (nSPS) is 23.5. The number of nitrogens with one attached hydrogen (secondary N) is 1. The molecule has 1 aliphatic rings. The fraction of sp³-hybridized carbons (Fsp3) is 0.947. The van der Waals surface area contributed by atoms with Gasteiger partial charge in [0.25, 0.3) is 0 Å². The van der Waals surface area contributed by atoms with Crippen LogP contribution in [0.5, 0.6) is 0 Å². The second-order valence-electron chi connectivity index (χ2n) is 7.10. The van der Waals surface area contributed by atoms with Gasteiger partial charge in [-0.05, 0) is 44.6 Å². The highest BCUT2D eigenvalue weighted by molar-refractivity contribution is 5.66. The van der Waals surface area contributed by atoms with Crippen LogP contribution in [-0.2, 0) is 4.79 Å². The van der Waals surface area contributed by atoms with Crippen molar-refractivity contribution in [2.45, 2.75) is 103 Å². The van der Waals surface area contributed by atoms with Gasteiger partial charge in [-0.3, -0.25) is 4.79 Å². The molecule has 1 saturated carbocycles. The zero-order valence-corrected chi connectivity index (χ0v) is 14.6. The second kappa shape index (κ2) is 12.9. The van der Waals surface area contributed by atoms with Crippen molar-refractivity contribution in [3.05, 3.63) is 0 Å². The Kier molecular flexibility index (Phi) is 11.4. The van der Waals surface area contributed by atoms with E-state index in [0.29, 0.717) is 18.4 Å². The van der Waals surface area contributed by atoms with Crippen molar-refractivity contribution in [2.24, 2.45) is 5.92 Å². The molecular weight excluding hydrogens is 274 g/mol. The lowest BCUT2D eigenvalue weighted by atomic mass is 9.94. The van der Waals surface area contributed by atoms with Gasteiger partial charge in [-0.1, -0.05) is 58.3 Å². The van der Waals surface area contributed by atoms with Crippen LogP contribution in [0.4, 0.5) is 0 Å². The van der Waals surface area contributed by atoms with Crippen molar-refractivity contribution in [1.82, 2.24) is 5.32 Å². The molecule has 2 unspecified atom stereocenters. The Morgan fingerprint density at radius 2 is 1.59 bits per heavy atom. The molecule has 2 atom stereocenters. The van der Waals surface area contributed by atoms with E-state index in [4.69, 9.17) is 5.11 Å². The molecule has 0 aromatic carbocycles. The molecule has 0 saturated heterocycles. The maximum atomic E-state index is 10.9. The summed E-state index contributed by atoms with van der Waals surface area (Å²) in [6.45, 7) is 3.43. The second-order valence-corrected chi connectivity index (χ2v) is 7.10. The van der Waals surface area contributed by atoms with Crippen molar-refractivity contribution in [1.29, 1.82) is 0 Å². The molecule has 0 aromatic heterocycles. The van der Waals surface area contributed by atoms with Crippen LogP contribution in [0, 0.1) is 5.92 Å². The molecule has 0 aliphatic heterocycles. The molecule has 0 heterocycles. The molecule has 1 aliphatic carbocycles. The van der Waals surface area contributed by atoms with Crippen LogP contribution in [0.15, 0.2) is 0 Å². The molecule has 1 rings (SSSR count). The first kappa shape index (κ1) is 19.5. The number of aliphatic carboxylic acids is 1. The van der Waals surface area contributed by atoms with Gasteiger partial charge in [-0.25, -0.2) is 0 Å². The first-order valence-corrected chi connectivity index (χ1v) is 9.67. The highest BCUT2D eigenvalue weighted by atomic mass is 16.4. The SMILES string of the molecule is CCCCCCCCNC1CCCCC(CC(=O)O)CCC1. The van der Waals surface area contributed by atoms with E-state index >= 15 is 0 Å². The van der Waals surface area contributed by atoms with Crippen LogP contribution in [0.2, 0.25) is 0 Å². The van der Waals surface area contributed by atoms with Gasteiger partial charge in [0, 0.05) is 12.5 Å². The molecular formula is C19H37NO2. The number of carbonyl (C=O) groups is 1. The highest BCUT2D eigenvalue weighted by Gasteiger charge is 2.17. The quantitative estimate of drug-likeness (QED) is 0.549. The van der Waals surface area contributed by atoms with Crippen molar-refractivity contribution in [2.75, 3.05) is 6.54 Å². The molecule has 3 heteroatoms. The maximum absolute atomic E-state index is 10.9. The van der Waals surface area contributed by atoms with Gasteiger partial charge in [-0.15, -0.1) is 0 Å². The van der Waals surface area contributed by atoms with E-state index < -0.39 is 5.97 Å². The fourth-order valence-electron chi connectivity index (χ4n) is 3.63. The Balaban J connectivity index is 2.10. The Morgan fingerprint density at radius 1 is 0.955 bits per heavy atom. The van der Waals surface area contributed by atoms with Gasteiger partial charge in [0.1, 0.15) is 0 Å². The van der Waals surface area contributed by atoms with E-state index in [1.54, 1.807) is 0 Å². The van der Waals surface area contributed by atoms with E-state index in [-0.39, 0.29) is 0 Å². The van der Waals surface area contributed by atoms with Crippen LogP contribution >= 0.6 is 0 Å². The summed E-state index contributed by atoms with van der Waals surface area (Å²) < 4.78 is 0. The van der Waals surface area contributed by atoms with E-state index in [1.165, 1.54) is 70.6 Å². The van der Waals surface area contributed by atoms with E-state index in [1.807, 2.05) is 0 Å². The number of rotatable bonds is 10. The van der Waals surface area contributed by atoms with Gasteiger partial charge in [0.05, 0.1) is 0 Å². The molecule has 0 spiro atoms. The predicted octanol–water partition coefficient (Wildman–Crippen LogP) is 5.14. The minimum atomic E-state index is -0.623. The largest absolute Gasteiger partial charge is 0.481 e. The van der Waals surface area contributed by atoms with Crippen LogP contribution in [-0.4, -0.2) is 23.7 Å². The Labute approximate surface area is 137 Å². The van der Waals surface area contributed by atoms with Gasteiger partial charge in [0.15, 0.2) is 0 Å². The van der Waals surface area contributed by atoms with E-state index in [2.05, 4.69) is 12.2 Å². The third-order valence-corrected chi connectivity index (χ3v) is 5.01. The van der Waals surface area contributed by atoms with Crippen molar-refractivity contribution in [3.8, 4) is 0 Å². The summed E-state index contributed by atoms with van der Waals surface area (Å²) in [5.74, 6) is -0.211. The van der Waals surface area contributed by atoms with E-state index in [9.17, 15) is 4.79 Å².